The Bertz CT molecular complexity index is 659. The molecule has 0 aliphatic heterocycles. The van der Waals surface area contributed by atoms with E-state index in [2.05, 4.69) is 19.2 Å². The molecule has 1 aromatic carbocycles. The fourth-order valence-corrected chi connectivity index (χ4v) is 4.62. The molecule has 0 bridgehead atoms. The second kappa shape index (κ2) is 8.84. The molecule has 1 atom stereocenters. The zero-order valence-electron chi connectivity index (χ0n) is 15.6. The summed E-state index contributed by atoms with van der Waals surface area (Å²) in [6.45, 7) is 6.30. The molecule has 1 amide bonds. The van der Waals surface area contributed by atoms with Crippen LogP contribution < -0.4 is 5.32 Å². The topological polar surface area (TPSA) is 63.2 Å². The van der Waals surface area contributed by atoms with E-state index in [0.717, 1.165) is 18.4 Å². The van der Waals surface area contributed by atoms with Gasteiger partial charge < -0.3 is 5.32 Å². The smallest absolute Gasteiger partial charge is 0.238 e. The zero-order valence-corrected chi connectivity index (χ0v) is 16.4. The third-order valence-electron chi connectivity index (χ3n) is 5.21. The maximum absolute atomic E-state index is 12.6. The Morgan fingerprint density at radius 1 is 1.08 bits per heavy atom. The lowest BCUT2D eigenvalue weighted by atomic mass is 9.89. The Kier molecular flexibility index (Phi) is 7.05. The van der Waals surface area contributed by atoms with Gasteiger partial charge in [0, 0.05) is 6.54 Å². The summed E-state index contributed by atoms with van der Waals surface area (Å²) in [5.41, 5.74) is 1.91. The van der Waals surface area contributed by atoms with E-state index in [0.29, 0.717) is 18.4 Å². The first-order chi connectivity index (χ1) is 11.8. The molecule has 0 unspecified atom stereocenters. The van der Waals surface area contributed by atoms with Crippen molar-refractivity contribution >= 4 is 15.7 Å². The van der Waals surface area contributed by atoms with Crippen LogP contribution in [0, 0.1) is 5.92 Å². The van der Waals surface area contributed by atoms with E-state index in [1.54, 1.807) is 0 Å². The van der Waals surface area contributed by atoms with Gasteiger partial charge in [-0.05, 0) is 42.7 Å². The van der Waals surface area contributed by atoms with Gasteiger partial charge in [0.05, 0.1) is 5.75 Å². The zero-order chi connectivity index (χ0) is 18.4. The molecule has 1 saturated carbocycles. The molecule has 0 radical (unpaired) electrons. The number of amides is 1. The summed E-state index contributed by atoms with van der Waals surface area (Å²) >= 11 is 0. The lowest BCUT2D eigenvalue weighted by Gasteiger charge is -2.22. The van der Waals surface area contributed by atoms with E-state index in [1.807, 2.05) is 24.3 Å². The number of benzene rings is 1. The van der Waals surface area contributed by atoms with Crippen LogP contribution in [0.4, 0.5) is 0 Å². The molecule has 25 heavy (non-hydrogen) atoms. The molecule has 4 nitrogen and oxygen atoms in total. The second-order valence-electron chi connectivity index (χ2n) is 7.59. The second-order valence-corrected chi connectivity index (χ2v) is 9.92. The van der Waals surface area contributed by atoms with E-state index < -0.39 is 15.1 Å². The highest BCUT2D eigenvalue weighted by Crippen LogP contribution is 2.23. The van der Waals surface area contributed by atoms with Crippen molar-refractivity contribution in [1.82, 2.24) is 5.32 Å². The standard InChI is InChI=1S/C20H31NO3S/c1-15(2)19-11-9-18(10-12-19)14-25(23,24)16(3)20(22)21-13-17-7-5-4-6-8-17/h9-12,15-17H,4-8,13-14H2,1-3H3,(H,21,22)/t16-/m1/s1. The van der Waals surface area contributed by atoms with Crippen molar-refractivity contribution in [2.45, 2.75) is 69.8 Å². The highest BCUT2D eigenvalue weighted by molar-refractivity contribution is 7.92. The minimum atomic E-state index is -3.51. The predicted molar refractivity (Wildman–Crippen MR) is 102 cm³/mol. The Hall–Kier alpha value is -1.36. The number of carbonyl (C=O) groups is 1. The fraction of sp³-hybridized carbons (Fsp3) is 0.650. The molecule has 1 N–H and O–H groups in total. The van der Waals surface area contributed by atoms with Gasteiger partial charge in [0.2, 0.25) is 5.91 Å². The molecule has 5 heteroatoms. The first-order valence-electron chi connectivity index (χ1n) is 9.37. The van der Waals surface area contributed by atoms with Crippen molar-refractivity contribution in [1.29, 1.82) is 0 Å². The summed E-state index contributed by atoms with van der Waals surface area (Å²) in [6.07, 6.45) is 5.94. The van der Waals surface area contributed by atoms with Gasteiger partial charge in [-0.25, -0.2) is 8.42 Å². The van der Waals surface area contributed by atoms with Crippen LogP contribution in [0.15, 0.2) is 24.3 Å². The molecule has 0 aromatic heterocycles. The number of carbonyl (C=O) groups excluding carboxylic acids is 1. The molecule has 0 spiro atoms. The van der Waals surface area contributed by atoms with Crippen molar-refractivity contribution in [3.63, 3.8) is 0 Å². The summed E-state index contributed by atoms with van der Waals surface area (Å²) in [5, 5.41) is 1.84. The lowest BCUT2D eigenvalue weighted by molar-refractivity contribution is -0.120. The highest BCUT2D eigenvalue weighted by Gasteiger charge is 2.28. The van der Waals surface area contributed by atoms with Crippen LogP contribution in [0.2, 0.25) is 0 Å². The number of sulfone groups is 1. The van der Waals surface area contributed by atoms with Crippen molar-refractivity contribution in [3.8, 4) is 0 Å². The van der Waals surface area contributed by atoms with Crippen molar-refractivity contribution < 1.29 is 13.2 Å². The molecular formula is C20H31NO3S. The van der Waals surface area contributed by atoms with E-state index >= 15 is 0 Å². The molecule has 1 fully saturated rings. The Morgan fingerprint density at radius 2 is 1.68 bits per heavy atom. The summed E-state index contributed by atoms with van der Waals surface area (Å²) in [5.74, 6) is 0.444. The Balaban J connectivity index is 1.91. The van der Waals surface area contributed by atoms with Gasteiger partial charge in [-0.15, -0.1) is 0 Å². The minimum Gasteiger partial charge on any atom is -0.355 e. The minimum absolute atomic E-state index is 0.0939. The van der Waals surface area contributed by atoms with Gasteiger partial charge in [-0.3, -0.25) is 4.79 Å². The Labute approximate surface area is 152 Å². The monoisotopic (exact) mass is 365 g/mol. The summed E-state index contributed by atoms with van der Waals surface area (Å²) in [7, 11) is -3.51. The molecule has 1 aromatic rings. The number of hydrogen-bond donors (Lipinski definition) is 1. The average molecular weight is 366 g/mol. The largest absolute Gasteiger partial charge is 0.355 e. The molecule has 1 aliphatic rings. The average Bonchev–Trinajstić information content (AvgIpc) is 2.60. The predicted octanol–water partition coefficient (Wildman–Crippen LogP) is 3.81. The SMILES string of the molecule is CC(C)c1ccc(CS(=O)(=O)[C@H](C)C(=O)NCC2CCCCC2)cc1. The van der Waals surface area contributed by atoms with Gasteiger partial charge in [-0.1, -0.05) is 57.4 Å². The van der Waals surface area contributed by atoms with Crippen molar-refractivity contribution in [2.24, 2.45) is 5.92 Å². The normalized spacial score (nSPS) is 17.4. The molecule has 0 heterocycles. The van der Waals surface area contributed by atoms with Gasteiger partial charge in [0.15, 0.2) is 9.84 Å². The molecule has 140 valence electrons. The van der Waals surface area contributed by atoms with Gasteiger partial charge in [0.25, 0.3) is 0 Å². The van der Waals surface area contributed by atoms with Gasteiger partial charge in [0.1, 0.15) is 5.25 Å². The van der Waals surface area contributed by atoms with Gasteiger partial charge >= 0.3 is 0 Å². The Morgan fingerprint density at radius 3 is 2.24 bits per heavy atom. The maximum Gasteiger partial charge on any atom is 0.238 e. The van der Waals surface area contributed by atoms with Crippen molar-refractivity contribution in [2.75, 3.05) is 6.54 Å². The maximum atomic E-state index is 12.6. The fourth-order valence-electron chi connectivity index (χ4n) is 3.30. The van der Waals surface area contributed by atoms with Crippen LogP contribution >= 0.6 is 0 Å². The molecule has 2 rings (SSSR count). The van der Waals surface area contributed by atoms with Crippen LogP contribution in [0.1, 0.15) is 69.9 Å². The van der Waals surface area contributed by atoms with E-state index in [4.69, 9.17) is 0 Å². The van der Waals surface area contributed by atoms with E-state index in [-0.39, 0.29) is 11.7 Å². The van der Waals surface area contributed by atoms with Crippen LogP contribution in [0.3, 0.4) is 0 Å². The van der Waals surface area contributed by atoms with E-state index in [9.17, 15) is 13.2 Å². The first-order valence-corrected chi connectivity index (χ1v) is 11.1. The third kappa shape index (κ3) is 5.84. The van der Waals surface area contributed by atoms with Crippen LogP contribution in [0.5, 0.6) is 0 Å². The quantitative estimate of drug-likeness (QED) is 0.799. The third-order valence-corrected chi connectivity index (χ3v) is 7.24. The van der Waals surface area contributed by atoms with Crippen LogP contribution in [-0.4, -0.2) is 26.1 Å². The van der Waals surface area contributed by atoms with Crippen LogP contribution in [0.25, 0.3) is 0 Å². The first kappa shape index (κ1) is 20.0. The molecule has 0 saturated heterocycles. The summed E-state index contributed by atoms with van der Waals surface area (Å²) in [6, 6.07) is 7.62. The molecular weight excluding hydrogens is 334 g/mol. The van der Waals surface area contributed by atoms with E-state index in [1.165, 1.54) is 31.7 Å². The molecule has 1 aliphatic carbocycles. The number of nitrogens with one attached hydrogen (secondary N) is 1. The summed E-state index contributed by atoms with van der Waals surface area (Å²) in [4.78, 5) is 12.3. The number of rotatable bonds is 7. The van der Waals surface area contributed by atoms with Crippen molar-refractivity contribution in [3.05, 3.63) is 35.4 Å². The number of hydrogen-bond acceptors (Lipinski definition) is 3. The lowest BCUT2D eigenvalue weighted by Crippen LogP contribution is -2.40. The summed E-state index contributed by atoms with van der Waals surface area (Å²) < 4.78 is 25.1. The van der Waals surface area contributed by atoms with Crippen LogP contribution in [-0.2, 0) is 20.4 Å². The highest BCUT2D eigenvalue weighted by atomic mass is 32.2. The van der Waals surface area contributed by atoms with Gasteiger partial charge in [-0.2, -0.15) is 0 Å².